The van der Waals surface area contributed by atoms with Crippen molar-refractivity contribution in [2.45, 2.75) is 26.7 Å². The van der Waals surface area contributed by atoms with Gasteiger partial charge >= 0.3 is 6.01 Å². The fourth-order valence-electron chi connectivity index (χ4n) is 2.28. The lowest BCUT2D eigenvalue weighted by atomic mass is 9.84. The van der Waals surface area contributed by atoms with E-state index in [9.17, 15) is 0 Å². The van der Waals surface area contributed by atoms with E-state index in [2.05, 4.69) is 39.0 Å². The minimum absolute atomic E-state index is 0.303. The molecule has 0 bridgehead atoms. The Morgan fingerprint density at radius 3 is 2.67 bits per heavy atom. The molecule has 1 N–H and O–H groups in total. The predicted molar refractivity (Wildman–Crippen MR) is 71.2 cm³/mol. The molecular formula is C12H21N5O. The zero-order valence-electron chi connectivity index (χ0n) is 11.5. The highest BCUT2D eigenvalue weighted by molar-refractivity contribution is 5.38. The number of hydrogen-bond donors (Lipinski definition) is 1. The molecule has 0 radical (unpaired) electrons. The smallest absolute Gasteiger partial charge is 0.322 e. The summed E-state index contributed by atoms with van der Waals surface area (Å²) in [6.07, 6.45) is 2.40. The third-order valence-corrected chi connectivity index (χ3v) is 3.19. The number of anilines is 2. The lowest BCUT2D eigenvalue weighted by molar-refractivity contribution is 0.289. The maximum Gasteiger partial charge on any atom is 0.322 e. The SMILES string of the molecule is CNc1nc(OC)nc(N2CCCC(C)(C)C2)n1. The Morgan fingerprint density at radius 1 is 1.28 bits per heavy atom. The van der Waals surface area contributed by atoms with Crippen LogP contribution in [0.5, 0.6) is 6.01 Å². The summed E-state index contributed by atoms with van der Waals surface area (Å²) >= 11 is 0. The first-order valence-electron chi connectivity index (χ1n) is 6.27. The van der Waals surface area contributed by atoms with Crippen LogP contribution in [0, 0.1) is 5.41 Å². The number of ether oxygens (including phenoxy) is 1. The van der Waals surface area contributed by atoms with Gasteiger partial charge in [-0.15, -0.1) is 0 Å². The maximum absolute atomic E-state index is 5.11. The molecule has 100 valence electrons. The summed E-state index contributed by atoms with van der Waals surface area (Å²) < 4.78 is 5.11. The average molecular weight is 251 g/mol. The second-order valence-corrected chi connectivity index (χ2v) is 5.39. The molecule has 0 atom stereocenters. The van der Waals surface area contributed by atoms with Crippen molar-refractivity contribution in [1.82, 2.24) is 15.0 Å². The molecule has 1 aromatic heterocycles. The quantitative estimate of drug-likeness (QED) is 0.879. The largest absolute Gasteiger partial charge is 0.467 e. The third-order valence-electron chi connectivity index (χ3n) is 3.19. The number of rotatable bonds is 3. The maximum atomic E-state index is 5.11. The van der Waals surface area contributed by atoms with Crippen LogP contribution in [0.3, 0.4) is 0 Å². The van der Waals surface area contributed by atoms with Crippen LogP contribution in [0.4, 0.5) is 11.9 Å². The summed E-state index contributed by atoms with van der Waals surface area (Å²) in [4.78, 5) is 15.1. The van der Waals surface area contributed by atoms with E-state index in [4.69, 9.17) is 4.74 Å². The van der Waals surface area contributed by atoms with E-state index in [1.807, 2.05) is 0 Å². The molecule has 1 aliphatic heterocycles. The number of hydrogen-bond acceptors (Lipinski definition) is 6. The molecule has 1 saturated heterocycles. The molecule has 18 heavy (non-hydrogen) atoms. The van der Waals surface area contributed by atoms with Crippen LogP contribution in [0.2, 0.25) is 0 Å². The number of piperidine rings is 1. The van der Waals surface area contributed by atoms with Crippen LogP contribution in [-0.2, 0) is 0 Å². The minimum atomic E-state index is 0.303. The molecular weight excluding hydrogens is 230 g/mol. The Balaban J connectivity index is 2.26. The predicted octanol–water partition coefficient (Wildman–Crippen LogP) is 1.55. The van der Waals surface area contributed by atoms with Crippen LogP contribution in [0.15, 0.2) is 0 Å². The number of nitrogens with zero attached hydrogens (tertiary/aromatic N) is 4. The molecule has 1 aliphatic rings. The summed E-state index contributed by atoms with van der Waals surface area (Å²) in [6.45, 7) is 6.50. The van der Waals surface area contributed by atoms with E-state index in [1.165, 1.54) is 6.42 Å². The Morgan fingerprint density at radius 2 is 2.06 bits per heavy atom. The molecule has 0 amide bonds. The molecule has 0 aliphatic carbocycles. The summed E-state index contributed by atoms with van der Waals surface area (Å²) in [5, 5.41) is 2.93. The van der Waals surface area contributed by atoms with E-state index < -0.39 is 0 Å². The van der Waals surface area contributed by atoms with Gasteiger partial charge in [0.2, 0.25) is 11.9 Å². The molecule has 1 fully saturated rings. The summed E-state index contributed by atoms with van der Waals surface area (Å²) in [5.74, 6) is 1.24. The van der Waals surface area contributed by atoms with Crippen molar-refractivity contribution in [2.75, 3.05) is 37.5 Å². The van der Waals surface area contributed by atoms with E-state index in [-0.39, 0.29) is 0 Å². The van der Waals surface area contributed by atoms with Crippen molar-refractivity contribution in [3.63, 3.8) is 0 Å². The fraction of sp³-hybridized carbons (Fsp3) is 0.750. The first-order valence-corrected chi connectivity index (χ1v) is 6.27. The Labute approximate surface area is 108 Å². The molecule has 1 aromatic rings. The van der Waals surface area contributed by atoms with Crippen LogP contribution in [-0.4, -0.2) is 42.2 Å². The van der Waals surface area contributed by atoms with Gasteiger partial charge in [0.25, 0.3) is 0 Å². The minimum Gasteiger partial charge on any atom is -0.467 e. The highest BCUT2D eigenvalue weighted by atomic mass is 16.5. The van der Waals surface area contributed by atoms with Crippen molar-refractivity contribution in [2.24, 2.45) is 5.41 Å². The first kappa shape index (κ1) is 12.9. The Hall–Kier alpha value is -1.59. The van der Waals surface area contributed by atoms with Gasteiger partial charge in [-0.05, 0) is 18.3 Å². The van der Waals surface area contributed by atoms with Crippen LogP contribution < -0.4 is 15.0 Å². The number of nitrogens with one attached hydrogen (secondary N) is 1. The zero-order valence-corrected chi connectivity index (χ0v) is 11.5. The summed E-state index contributed by atoms with van der Waals surface area (Å²) in [6, 6.07) is 0.354. The Kier molecular flexibility index (Phi) is 3.54. The number of methoxy groups -OCH3 is 1. The number of aromatic nitrogens is 3. The average Bonchev–Trinajstić information content (AvgIpc) is 2.37. The van der Waals surface area contributed by atoms with Gasteiger partial charge in [-0.2, -0.15) is 15.0 Å². The van der Waals surface area contributed by atoms with Gasteiger partial charge in [-0.3, -0.25) is 0 Å². The fourth-order valence-corrected chi connectivity index (χ4v) is 2.28. The molecule has 0 saturated carbocycles. The van der Waals surface area contributed by atoms with Gasteiger partial charge in [0, 0.05) is 20.1 Å². The molecule has 0 spiro atoms. The summed E-state index contributed by atoms with van der Waals surface area (Å²) in [7, 11) is 3.36. The van der Waals surface area contributed by atoms with Gasteiger partial charge in [0.05, 0.1) is 7.11 Å². The standard InChI is InChI=1S/C12H21N5O/c1-12(2)6-5-7-17(8-12)10-14-9(13-3)15-11(16-10)18-4/h5-8H2,1-4H3,(H,13,14,15,16). The van der Waals surface area contributed by atoms with E-state index in [0.717, 1.165) is 19.5 Å². The second-order valence-electron chi connectivity index (χ2n) is 5.39. The van der Waals surface area contributed by atoms with Gasteiger partial charge in [0.15, 0.2) is 0 Å². The lowest BCUT2D eigenvalue weighted by Gasteiger charge is -2.38. The summed E-state index contributed by atoms with van der Waals surface area (Å²) in [5.41, 5.74) is 0.303. The van der Waals surface area contributed by atoms with Crippen molar-refractivity contribution < 1.29 is 4.74 Å². The zero-order chi connectivity index (χ0) is 13.2. The van der Waals surface area contributed by atoms with Crippen LogP contribution in [0.1, 0.15) is 26.7 Å². The van der Waals surface area contributed by atoms with Crippen molar-refractivity contribution >= 4 is 11.9 Å². The van der Waals surface area contributed by atoms with E-state index in [1.54, 1.807) is 14.2 Å². The van der Waals surface area contributed by atoms with Gasteiger partial charge < -0.3 is 15.0 Å². The van der Waals surface area contributed by atoms with E-state index in [0.29, 0.717) is 23.3 Å². The topological polar surface area (TPSA) is 63.2 Å². The van der Waals surface area contributed by atoms with Gasteiger partial charge in [-0.1, -0.05) is 13.8 Å². The van der Waals surface area contributed by atoms with Crippen molar-refractivity contribution in [3.05, 3.63) is 0 Å². The van der Waals surface area contributed by atoms with Gasteiger partial charge in [0.1, 0.15) is 0 Å². The highest BCUT2D eigenvalue weighted by Gasteiger charge is 2.28. The third kappa shape index (κ3) is 2.80. The molecule has 0 unspecified atom stereocenters. The normalized spacial score (nSPS) is 18.6. The molecule has 2 rings (SSSR count). The molecule has 0 aromatic carbocycles. The Bertz CT molecular complexity index is 399. The van der Waals surface area contributed by atoms with Crippen LogP contribution >= 0.6 is 0 Å². The van der Waals surface area contributed by atoms with Crippen LogP contribution in [0.25, 0.3) is 0 Å². The van der Waals surface area contributed by atoms with Crippen molar-refractivity contribution in [3.8, 4) is 6.01 Å². The monoisotopic (exact) mass is 251 g/mol. The molecule has 2 heterocycles. The molecule has 6 nitrogen and oxygen atoms in total. The molecule has 6 heteroatoms. The van der Waals surface area contributed by atoms with Gasteiger partial charge in [-0.25, -0.2) is 0 Å². The van der Waals surface area contributed by atoms with E-state index >= 15 is 0 Å². The second kappa shape index (κ2) is 4.96. The first-order chi connectivity index (χ1) is 8.54. The lowest BCUT2D eigenvalue weighted by Crippen LogP contribution is -2.41. The highest BCUT2D eigenvalue weighted by Crippen LogP contribution is 2.30. The van der Waals surface area contributed by atoms with Crippen molar-refractivity contribution in [1.29, 1.82) is 0 Å².